The molecule has 0 spiro atoms. The van der Waals surface area contributed by atoms with Crippen molar-refractivity contribution in [2.24, 2.45) is 4.99 Å². The molecule has 0 atom stereocenters. The van der Waals surface area contributed by atoms with Crippen LogP contribution in [0, 0.1) is 0 Å². The van der Waals surface area contributed by atoms with Crippen LogP contribution in [0.1, 0.15) is 11.1 Å². The number of guanidine groups is 1. The van der Waals surface area contributed by atoms with Gasteiger partial charge in [-0.2, -0.15) is 0 Å². The highest BCUT2D eigenvalue weighted by atomic mass is 127. The van der Waals surface area contributed by atoms with Crippen molar-refractivity contribution in [1.82, 2.24) is 15.6 Å². The number of methoxy groups -OCH3 is 2. The molecule has 0 fully saturated rings. The highest BCUT2D eigenvalue weighted by molar-refractivity contribution is 14.0. The van der Waals surface area contributed by atoms with E-state index in [-0.39, 0.29) is 24.0 Å². The van der Waals surface area contributed by atoms with Gasteiger partial charge in [0.15, 0.2) is 5.96 Å². The largest absolute Gasteiger partial charge is 0.497 e. The molecule has 7 nitrogen and oxygen atoms in total. The number of aromatic nitrogens is 1. The Bertz CT molecular complexity index is 1040. The topological polar surface area (TPSA) is 71.0 Å². The second kappa shape index (κ2) is 11.6. The first-order valence-corrected chi connectivity index (χ1v) is 9.77. The third-order valence-electron chi connectivity index (χ3n) is 4.86. The number of ether oxygens (including phenoxy) is 2. The van der Waals surface area contributed by atoms with Crippen LogP contribution in [0.5, 0.6) is 11.5 Å². The van der Waals surface area contributed by atoms with Crippen LogP contribution in [0.3, 0.4) is 0 Å². The molecule has 0 saturated carbocycles. The van der Waals surface area contributed by atoms with Crippen molar-refractivity contribution in [3.63, 3.8) is 0 Å². The molecular weight excluding hydrogens is 505 g/mol. The van der Waals surface area contributed by atoms with Gasteiger partial charge in [0.2, 0.25) is 0 Å². The van der Waals surface area contributed by atoms with Crippen molar-refractivity contribution in [2.75, 3.05) is 40.3 Å². The Morgan fingerprint density at radius 3 is 2.32 bits per heavy atom. The van der Waals surface area contributed by atoms with Crippen molar-refractivity contribution < 1.29 is 9.47 Å². The van der Waals surface area contributed by atoms with Gasteiger partial charge >= 0.3 is 0 Å². The average Bonchev–Trinajstić information content (AvgIpc) is 2.78. The van der Waals surface area contributed by atoms with Gasteiger partial charge in [0.25, 0.3) is 0 Å². The molecule has 3 aromatic rings. The van der Waals surface area contributed by atoms with Crippen LogP contribution >= 0.6 is 24.0 Å². The van der Waals surface area contributed by atoms with Gasteiger partial charge in [-0.1, -0.05) is 18.2 Å². The van der Waals surface area contributed by atoms with Crippen LogP contribution in [0.2, 0.25) is 0 Å². The van der Waals surface area contributed by atoms with Crippen molar-refractivity contribution >= 4 is 46.7 Å². The quantitative estimate of drug-likeness (QED) is 0.273. The smallest absolute Gasteiger partial charge is 0.191 e. The molecule has 1 aromatic heterocycles. The van der Waals surface area contributed by atoms with Gasteiger partial charge in [0.05, 0.1) is 19.7 Å². The van der Waals surface area contributed by atoms with Crippen LogP contribution in [0.25, 0.3) is 10.9 Å². The number of hydrogen-bond acceptors (Lipinski definition) is 5. The fourth-order valence-corrected chi connectivity index (χ4v) is 3.18. The molecule has 0 amide bonds. The van der Waals surface area contributed by atoms with Crippen molar-refractivity contribution in [2.45, 2.75) is 13.1 Å². The van der Waals surface area contributed by atoms with Crippen LogP contribution in [0.15, 0.2) is 53.5 Å². The lowest BCUT2D eigenvalue weighted by atomic mass is 10.1. The maximum absolute atomic E-state index is 5.47. The van der Waals surface area contributed by atoms with E-state index in [0.717, 1.165) is 39.3 Å². The molecule has 0 saturated heterocycles. The molecule has 0 radical (unpaired) electrons. The lowest BCUT2D eigenvalue weighted by Crippen LogP contribution is -2.36. The van der Waals surface area contributed by atoms with E-state index in [2.05, 4.69) is 27.8 Å². The predicted molar refractivity (Wildman–Crippen MR) is 138 cm³/mol. The van der Waals surface area contributed by atoms with Crippen LogP contribution in [-0.4, -0.2) is 46.3 Å². The van der Waals surface area contributed by atoms with Gasteiger partial charge in [-0.15, -0.1) is 24.0 Å². The third kappa shape index (κ3) is 6.13. The summed E-state index contributed by atoms with van der Waals surface area (Å²) in [7, 11) is 9.05. The molecule has 0 aliphatic heterocycles. The summed E-state index contributed by atoms with van der Waals surface area (Å²) >= 11 is 0. The number of nitrogens with zero attached hydrogens (tertiary/aromatic N) is 3. The highest BCUT2D eigenvalue weighted by Crippen LogP contribution is 2.24. The molecule has 8 heteroatoms. The Kier molecular flexibility index (Phi) is 9.17. The Labute approximate surface area is 200 Å². The zero-order valence-electron chi connectivity index (χ0n) is 18.6. The van der Waals surface area contributed by atoms with E-state index >= 15 is 0 Å². The van der Waals surface area contributed by atoms with Gasteiger partial charge in [0.1, 0.15) is 17.3 Å². The molecule has 0 unspecified atom stereocenters. The van der Waals surface area contributed by atoms with Gasteiger partial charge in [-0.25, -0.2) is 4.98 Å². The summed E-state index contributed by atoms with van der Waals surface area (Å²) in [6.07, 6.45) is 0. The number of para-hydroxylation sites is 1. The maximum Gasteiger partial charge on any atom is 0.191 e. The lowest BCUT2D eigenvalue weighted by molar-refractivity contribution is 0.390. The van der Waals surface area contributed by atoms with E-state index in [9.17, 15) is 0 Å². The number of hydrogen-bond donors (Lipinski definition) is 2. The Balaban J connectivity index is 0.00000341. The second-order valence-corrected chi connectivity index (χ2v) is 7.01. The maximum atomic E-state index is 5.47. The summed E-state index contributed by atoms with van der Waals surface area (Å²) in [6, 6.07) is 16.1. The van der Waals surface area contributed by atoms with E-state index in [1.165, 1.54) is 0 Å². The first-order valence-electron chi connectivity index (χ1n) is 9.77. The average molecular weight is 535 g/mol. The van der Waals surface area contributed by atoms with Crippen molar-refractivity contribution in [3.05, 3.63) is 59.7 Å². The molecule has 31 heavy (non-hydrogen) atoms. The minimum absolute atomic E-state index is 0. The molecule has 0 aliphatic carbocycles. The van der Waals surface area contributed by atoms with E-state index in [1.807, 2.05) is 55.4 Å². The minimum Gasteiger partial charge on any atom is -0.497 e. The van der Waals surface area contributed by atoms with Gasteiger partial charge in [0, 0.05) is 51.2 Å². The molecule has 0 bridgehead atoms. The minimum atomic E-state index is 0. The zero-order valence-corrected chi connectivity index (χ0v) is 20.9. The van der Waals surface area contributed by atoms with E-state index < -0.39 is 0 Å². The zero-order chi connectivity index (χ0) is 21.5. The number of nitrogens with one attached hydrogen (secondary N) is 2. The molecular formula is C23H30IN5O2. The third-order valence-corrected chi connectivity index (χ3v) is 4.86. The number of aliphatic imine (C=N–C) groups is 1. The number of rotatable bonds is 7. The first-order chi connectivity index (χ1) is 14.5. The van der Waals surface area contributed by atoms with E-state index in [1.54, 1.807) is 21.3 Å². The molecule has 3 rings (SSSR count). The fraction of sp³-hybridized carbons (Fsp3) is 0.304. The van der Waals surface area contributed by atoms with E-state index in [4.69, 9.17) is 14.5 Å². The monoisotopic (exact) mass is 535 g/mol. The van der Waals surface area contributed by atoms with Crippen LogP contribution < -0.4 is 25.0 Å². The van der Waals surface area contributed by atoms with Crippen molar-refractivity contribution in [3.8, 4) is 11.5 Å². The summed E-state index contributed by atoms with van der Waals surface area (Å²) in [5.41, 5.74) is 3.16. The van der Waals surface area contributed by atoms with Gasteiger partial charge in [-0.3, -0.25) is 4.99 Å². The van der Waals surface area contributed by atoms with E-state index in [0.29, 0.717) is 19.0 Å². The first kappa shape index (κ1) is 24.5. The lowest BCUT2D eigenvalue weighted by Gasteiger charge is -2.17. The summed E-state index contributed by atoms with van der Waals surface area (Å²) in [6.45, 7) is 1.20. The Hall–Kier alpha value is -2.75. The van der Waals surface area contributed by atoms with Crippen molar-refractivity contribution in [1.29, 1.82) is 0 Å². The molecule has 2 N–H and O–H groups in total. The highest BCUT2D eigenvalue weighted by Gasteiger charge is 2.09. The molecule has 1 heterocycles. The number of pyridine rings is 1. The normalized spacial score (nSPS) is 10.9. The predicted octanol–water partition coefficient (Wildman–Crippen LogP) is 3.80. The molecule has 0 aliphatic rings. The molecule has 166 valence electrons. The summed E-state index contributed by atoms with van der Waals surface area (Å²) in [5.74, 6) is 3.17. The van der Waals surface area contributed by atoms with Gasteiger partial charge < -0.3 is 25.0 Å². The van der Waals surface area contributed by atoms with Crippen LogP contribution in [-0.2, 0) is 13.1 Å². The summed E-state index contributed by atoms with van der Waals surface area (Å²) < 4.78 is 10.7. The summed E-state index contributed by atoms with van der Waals surface area (Å²) in [5, 5.41) is 7.87. The number of halogens is 1. The number of fused-ring (bicyclic) bond motifs is 1. The molecule has 2 aromatic carbocycles. The summed E-state index contributed by atoms with van der Waals surface area (Å²) in [4.78, 5) is 11.1. The Morgan fingerprint density at radius 2 is 1.68 bits per heavy atom. The Morgan fingerprint density at radius 1 is 0.968 bits per heavy atom. The fourth-order valence-electron chi connectivity index (χ4n) is 3.18. The number of benzene rings is 2. The van der Waals surface area contributed by atoms with Crippen LogP contribution in [0.4, 0.5) is 5.82 Å². The number of anilines is 1. The van der Waals surface area contributed by atoms with Gasteiger partial charge in [-0.05, 0) is 29.8 Å². The SMILES string of the molecule is CN=C(NCc1ccc(OC)cc1OC)NCc1cc(N(C)C)nc2ccccc12.I. The second-order valence-electron chi connectivity index (χ2n) is 7.01. The standard InChI is InChI=1S/C23H29N5O2.HI/c1-24-23(25-14-16-10-11-18(29-4)13-21(16)30-5)26-15-17-12-22(28(2)3)27-20-9-7-6-8-19(17)20;/h6-13H,14-15H2,1-5H3,(H2,24,25,26);1H.